The fourth-order valence-electron chi connectivity index (χ4n) is 7.11. The molecule has 0 spiro atoms. The highest BCUT2D eigenvalue weighted by molar-refractivity contribution is 5.92. The second-order valence-corrected chi connectivity index (χ2v) is 13.0. The third kappa shape index (κ3) is 6.90. The molecule has 2 aliphatic heterocycles. The van der Waals surface area contributed by atoms with Gasteiger partial charge in [0.05, 0.1) is 36.7 Å². The van der Waals surface area contributed by atoms with Gasteiger partial charge in [0.15, 0.2) is 0 Å². The quantitative estimate of drug-likeness (QED) is 0.146. The maximum Gasteiger partial charge on any atom is 0.334 e. The fraction of sp³-hybridized carbons (Fsp3) is 0.231. The van der Waals surface area contributed by atoms with Crippen LogP contribution < -0.4 is 11.1 Å². The standard InChI is InChI=1S/C39H39FN8O4/c1-2-17-45-25-36(50)47-34(19-26-11-14-31(49)15-12-26)38(51)44(24-35(47)48(45)39(52)42-20-27-7-4-3-5-8-27)23-29-13-16-33(40)32-21-43-46(37(29)32)22-28-9-6-10-30(41)18-28/h2-16,18,21,34-35,49H,1,17,19-20,22-25,41H2,(H,42,52)/t34-,35-/m0/s1. The zero-order chi connectivity index (χ0) is 36.4. The molecule has 7 rings (SSSR count). The molecule has 1 aromatic heterocycles. The third-order valence-corrected chi connectivity index (χ3v) is 9.51. The highest BCUT2D eigenvalue weighted by Crippen LogP contribution is 2.31. The number of nitrogens with one attached hydrogen (secondary N) is 1. The summed E-state index contributed by atoms with van der Waals surface area (Å²) in [7, 11) is 0. The lowest BCUT2D eigenvalue weighted by Gasteiger charge is -2.55. The average molecular weight is 703 g/mol. The SMILES string of the molecule is C=CCN1CC(=O)N2[C@@H](Cc3ccc(O)cc3)C(=O)N(Cc3ccc(F)c4cnn(Cc5cccc(N)c5)c34)C[C@@H]2N1C(=O)NCc1ccccc1. The van der Waals surface area contributed by atoms with Crippen LogP contribution in [0.1, 0.15) is 22.3 Å². The zero-order valence-electron chi connectivity index (χ0n) is 28.4. The van der Waals surface area contributed by atoms with Crippen LogP contribution in [-0.2, 0) is 35.6 Å². The van der Waals surface area contributed by atoms with Crippen molar-refractivity contribution in [3.05, 3.63) is 138 Å². The number of benzene rings is 4. The van der Waals surface area contributed by atoms with E-state index in [1.54, 1.807) is 44.9 Å². The third-order valence-electron chi connectivity index (χ3n) is 9.51. The smallest absolute Gasteiger partial charge is 0.334 e. The summed E-state index contributed by atoms with van der Waals surface area (Å²) < 4.78 is 16.9. The molecular weight excluding hydrogens is 663 g/mol. The average Bonchev–Trinajstić information content (AvgIpc) is 3.56. The summed E-state index contributed by atoms with van der Waals surface area (Å²) in [5, 5.41) is 20.9. The lowest BCUT2D eigenvalue weighted by atomic mass is 9.98. The molecule has 4 aromatic carbocycles. The van der Waals surface area contributed by atoms with Crippen LogP contribution in [-0.4, -0.2) is 84.4 Å². The number of nitrogen functional groups attached to an aromatic ring is 1. The molecule has 0 unspecified atom stereocenters. The van der Waals surface area contributed by atoms with Crippen molar-refractivity contribution in [1.29, 1.82) is 0 Å². The number of hydrogen-bond acceptors (Lipinski definition) is 7. The molecule has 3 heterocycles. The first-order valence-electron chi connectivity index (χ1n) is 17.0. The summed E-state index contributed by atoms with van der Waals surface area (Å²) >= 11 is 0. The minimum absolute atomic E-state index is 0.00865. The number of hydrazine groups is 1. The van der Waals surface area contributed by atoms with Crippen LogP contribution >= 0.6 is 0 Å². The van der Waals surface area contributed by atoms with Crippen molar-refractivity contribution in [3.8, 4) is 5.75 Å². The second-order valence-electron chi connectivity index (χ2n) is 13.0. The van der Waals surface area contributed by atoms with Crippen LogP contribution in [0.25, 0.3) is 10.9 Å². The molecule has 0 bridgehead atoms. The first-order valence-corrected chi connectivity index (χ1v) is 17.0. The van der Waals surface area contributed by atoms with Gasteiger partial charge in [0.2, 0.25) is 11.8 Å². The highest BCUT2D eigenvalue weighted by atomic mass is 19.1. The summed E-state index contributed by atoms with van der Waals surface area (Å²) in [6, 6.07) is 24.9. The van der Waals surface area contributed by atoms with E-state index in [2.05, 4.69) is 17.0 Å². The van der Waals surface area contributed by atoms with E-state index >= 15 is 4.39 Å². The van der Waals surface area contributed by atoms with E-state index in [0.717, 1.165) is 16.7 Å². The number of amides is 4. The molecule has 2 atom stereocenters. The Bertz CT molecular complexity index is 2120. The fourth-order valence-corrected chi connectivity index (χ4v) is 7.11. The van der Waals surface area contributed by atoms with Crippen molar-refractivity contribution >= 4 is 34.4 Å². The van der Waals surface area contributed by atoms with E-state index in [1.807, 2.05) is 48.5 Å². The Labute approximate surface area is 300 Å². The molecule has 0 radical (unpaired) electrons. The summed E-state index contributed by atoms with van der Waals surface area (Å²) in [6.45, 7) is 4.55. The molecule has 5 aromatic rings. The van der Waals surface area contributed by atoms with Crippen LogP contribution in [0.3, 0.4) is 0 Å². The van der Waals surface area contributed by atoms with Crippen LogP contribution in [0.2, 0.25) is 0 Å². The number of rotatable bonds is 10. The van der Waals surface area contributed by atoms with E-state index in [4.69, 9.17) is 5.73 Å². The monoisotopic (exact) mass is 702 g/mol. The van der Waals surface area contributed by atoms with Crippen LogP contribution in [0.15, 0.2) is 110 Å². The van der Waals surface area contributed by atoms with Gasteiger partial charge in [-0.25, -0.2) is 19.2 Å². The van der Waals surface area contributed by atoms with Gasteiger partial charge in [-0.1, -0.05) is 66.7 Å². The predicted octanol–water partition coefficient (Wildman–Crippen LogP) is 4.25. The van der Waals surface area contributed by atoms with Crippen LogP contribution in [0.5, 0.6) is 5.75 Å². The molecule has 2 fully saturated rings. The predicted molar refractivity (Wildman–Crippen MR) is 194 cm³/mol. The Morgan fingerprint density at radius 3 is 2.50 bits per heavy atom. The molecule has 4 amide bonds. The van der Waals surface area contributed by atoms with E-state index in [1.165, 1.54) is 34.3 Å². The van der Waals surface area contributed by atoms with Gasteiger partial charge >= 0.3 is 6.03 Å². The van der Waals surface area contributed by atoms with Crippen molar-refractivity contribution in [3.63, 3.8) is 0 Å². The van der Waals surface area contributed by atoms with E-state index in [9.17, 15) is 19.5 Å². The van der Waals surface area contributed by atoms with Gasteiger partial charge in [0.25, 0.3) is 0 Å². The molecule has 12 nitrogen and oxygen atoms in total. The number of hydrogen-bond donors (Lipinski definition) is 3. The molecule has 2 aliphatic rings. The molecule has 4 N–H and O–H groups in total. The van der Waals surface area contributed by atoms with Crippen LogP contribution in [0, 0.1) is 5.82 Å². The Balaban J connectivity index is 1.27. The van der Waals surface area contributed by atoms with Crippen molar-refractivity contribution in [2.24, 2.45) is 0 Å². The van der Waals surface area contributed by atoms with Crippen LogP contribution in [0.4, 0.5) is 14.9 Å². The Morgan fingerprint density at radius 1 is 0.981 bits per heavy atom. The highest BCUT2D eigenvalue weighted by Gasteiger charge is 2.51. The number of fused-ring (bicyclic) bond motifs is 2. The summed E-state index contributed by atoms with van der Waals surface area (Å²) in [6.07, 6.45) is 2.37. The number of phenols is 1. The number of nitrogens with two attached hydrogens (primary N) is 1. The number of nitrogens with zero attached hydrogens (tertiary/aromatic N) is 6. The summed E-state index contributed by atoms with van der Waals surface area (Å²) in [5.74, 6) is -0.999. The van der Waals surface area contributed by atoms with E-state index < -0.39 is 24.1 Å². The lowest BCUT2D eigenvalue weighted by Crippen LogP contribution is -2.76. The van der Waals surface area contributed by atoms with E-state index in [0.29, 0.717) is 28.7 Å². The first kappa shape index (κ1) is 34.2. The van der Waals surface area contributed by atoms with Gasteiger partial charge in [0.1, 0.15) is 23.8 Å². The lowest BCUT2D eigenvalue weighted by molar-refractivity contribution is -0.189. The van der Waals surface area contributed by atoms with Gasteiger partial charge in [-0.15, -0.1) is 6.58 Å². The molecule has 52 heavy (non-hydrogen) atoms. The number of aromatic hydroxyl groups is 1. The van der Waals surface area contributed by atoms with Crippen molar-refractivity contribution in [2.75, 3.05) is 25.4 Å². The second kappa shape index (κ2) is 14.6. The van der Waals surface area contributed by atoms with Gasteiger partial charge in [0, 0.05) is 31.7 Å². The minimum atomic E-state index is -0.973. The van der Waals surface area contributed by atoms with Gasteiger partial charge in [-0.05, 0) is 52.6 Å². The molecule has 13 heteroatoms. The van der Waals surface area contributed by atoms with Gasteiger partial charge in [-0.2, -0.15) is 5.10 Å². The number of halogens is 1. The minimum Gasteiger partial charge on any atom is -0.508 e. The molecule has 266 valence electrons. The molecule has 0 saturated carbocycles. The topological polar surface area (TPSA) is 140 Å². The van der Waals surface area contributed by atoms with Crippen molar-refractivity contribution < 1.29 is 23.9 Å². The molecule has 2 saturated heterocycles. The first-order chi connectivity index (χ1) is 25.2. The number of urea groups is 1. The zero-order valence-corrected chi connectivity index (χ0v) is 28.4. The molecule has 0 aliphatic carbocycles. The number of carbonyl (C=O) groups is 3. The maximum absolute atomic E-state index is 15.2. The Kier molecular flexibility index (Phi) is 9.59. The largest absolute Gasteiger partial charge is 0.508 e. The normalized spacial score (nSPS) is 17.8. The Hall–Kier alpha value is -6.21. The van der Waals surface area contributed by atoms with Crippen molar-refractivity contribution in [2.45, 2.75) is 38.3 Å². The number of piperazine rings is 1. The summed E-state index contributed by atoms with van der Waals surface area (Å²) in [5.41, 5.74) is 10.3. The molecular formula is C39H39FN8O4. The van der Waals surface area contributed by atoms with E-state index in [-0.39, 0.29) is 56.7 Å². The number of anilines is 1. The summed E-state index contributed by atoms with van der Waals surface area (Å²) in [4.78, 5) is 45.8. The number of phenolic OH excluding ortho intramolecular Hbond substituents is 1. The Morgan fingerprint density at radius 2 is 1.75 bits per heavy atom. The number of carbonyl (C=O) groups excluding carboxylic acids is 3. The van der Waals surface area contributed by atoms with Crippen molar-refractivity contribution in [1.82, 2.24) is 34.9 Å². The number of aromatic nitrogens is 2. The van der Waals surface area contributed by atoms with Gasteiger partial charge in [-0.3, -0.25) is 14.3 Å². The van der Waals surface area contributed by atoms with Gasteiger partial charge < -0.3 is 26.0 Å². The maximum atomic E-state index is 15.2.